The topological polar surface area (TPSA) is 19.6 Å². The maximum absolute atomic E-state index is 5.68. The van der Waals surface area contributed by atoms with Crippen molar-refractivity contribution in [2.45, 2.75) is 6.92 Å². The van der Waals surface area contributed by atoms with Gasteiger partial charge in [0.25, 0.3) is 5.82 Å². The van der Waals surface area contributed by atoms with Crippen LogP contribution in [0.5, 0.6) is 5.75 Å². The third kappa shape index (κ3) is 2.40. The van der Waals surface area contributed by atoms with Crippen LogP contribution < -0.4 is 24.4 Å². The molecule has 4 nitrogen and oxygen atoms in total. The zero-order chi connectivity index (χ0) is 21.1. The maximum atomic E-state index is 5.68. The van der Waals surface area contributed by atoms with Gasteiger partial charge in [-0.3, -0.25) is 4.81 Å². The van der Waals surface area contributed by atoms with E-state index in [2.05, 4.69) is 107 Å². The van der Waals surface area contributed by atoms with Crippen LogP contribution in [0.15, 0.2) is 85.1 Å². The van der Waals surface area contributed by atoms with E-state index < -0.39 is 0 Å². The van der Waals surface area contributed by atoms with Crippen molar-refractivity contribution in [3.63, 3.8) is 0 Å². The molecule has 2 aliphatic heterocycles. The van der Waals surface area contributed by atoms with E-state index in [4.69, 9.17) is 4.74 Å². The average molecular weight is 404 g/mol. The molecule has 0 fully saturated rings. The van der Waals surface area contributed by atoms with E-state index in [0.717, 1.165) is 17.0 Å². The lowest BCUT2D eigenvalue weighted by atomic mass is 9.59. The fraction of sp³-hybridized carbons (Fsp3) is 0.115. The lowest BCUT2D eigenvalue weighted by Gasteiger charge is -2.32. The van der Waals surface area contributed by atoms with Crippen LogP contribution in [-0.2, 0) is 7.05 Å². The minimum atomic E-state index is 0.0282. The van der Waals surface area contributed by atoms with Gasteiger partial charge in [-0.05, 0) is 42.8 Å². The van der Waals surface area contributed by atoms with E-state index in [-0.39, 0.29) is 6.98 Å². The van der Waals surface area contributed by atoms with Gasteiger partial charge in [0, 0.05) is 22.3 Å². The van der Waals surface area contributed by atoms with E-state index in [1.807, 2.05) is 6.07 Å². The quantitative estimate of drug-likeness (QED) is 0.363. The van der Waals surface area contributed by atoms with Gasteiger partial charge in [-0.2, -0.15) is 0 Å². The Morgan fingerprint density at radius 1 is 0.742 bits per heavy atom. The van der Waals surface area contributed by atoms with E-state index in [1.54, 1.807) is 7.11 Å². The number of fused-ring (bicyclic) bond motifs is 8. The minimum absolute atomic E-state index is 0.0282. The Bertz CT molecular complexity index is 1340. The van der Waals surface area contributed by atoms with Crippen LogP contribution in [0.25, 0.3) is 11.1 Å². The predicted molar refractivity (Wildman–Crippen MR) is 127 cm³/mol. The standard InChI is InChI=1S/C26H23BN3O/c1-18-22(14-8-16-25(18)31-3)30-26-24(15-9-17-28(26)2)29-23-13-7-5-11-20(23)19-10-4-6-12-21(19)27(29)30/h4-17H,1-3H3/q+1. The van der Waals surface area contributed by atoms with Gasteiger partial charge in [0.1, 0.15) is 17.1 Å². The van der Waals surface area contributed by atoms with Gasteiger partial charge < -0.3 is 9.55 Å². The Morgan fingerprint density at radius 2 is 1.45 bits per heavy atom. The summed E-state index contributed by atoms with van der Waals surface area (Å²) >= 11 is 0. The molecule has 0 atom stereocenters. The zero-order valence-corrected chi connectivity index (χ0v) is 17.9. The summed E-state index contributed by atoms with van der Waals surface area (Å²) in [6.45, 7) is 2.17. The van der Waals surface area contributed by atoms with Crippen molar-refractivity contribution < 1.29 is 9.30 Å². The first-order valence-electron chi connectivity index (χ1n) is 10.6. The number of aryl methyl sites for hydroxylation is 1. The summed E-state index contributed by atoms with van der Waals surface area (Å²) < 4.78 is 7.90. The molecule has 0 saturated heterocycles. The summed E-state index contributed by atoms with van der Waals surface area (Å²) in [7, 11) is 3.86. The van der Waals surface area contributed by atoms with Crippen molar-refractivity contribution in [1.82, 2.24) is 0 Å². The van der Waals surface area contributed by atoms with Crippen LogP contribution in [0.3, 0.4) is 0 Å². The van der Waals surface area contributed by atoms with Gasteiger partial charge in [-0.25, -0.2) is 4.57 Å². The van der Waals surface area contributed by atoms with Gasteiger partial charge in [0.05, 0.1) is 20.4 Å². The number of aromatic nitrogens is 1. The van der Waals surface area contributed by atoms with E-state index >= 15 is 0 Å². The Hall–Kier alpha value is -3.73. The Morgan fingerprint density at radius 3 is 2.29 bits per heavy atom. The highest BCUT2D eigenvalue weighted by atomic mass is 16.5. The van der Waals surface area contributed by atoms with Crippen molar-refractivity contribution in [3.05, 3.63) is 90.6 Å². The van der Waals surface area contributed by atoms with Gasteiger partial charge in [0.2, 0.25) is 0 Å². The number of pyridine rings is 1. The number of hydrogen-bond acceptors (Lipinski definition) is 3. The van der Waals surface area contributed by atoms with Crippen LogP contribution in [-0.4, -0.2) is 14.1 Å². The molecule has 150 valence electrons. The molecule has 0 spiro atoms. The van der Waals surface area contributed by atoms with Gasteiger partial charge in [-0.1, -0.05) is 48.5 Å². The molecule has 0 unspecified atom stereocenters. The van der Waals surface area contributed by atoms with Crippen LogP contribution in [0, 0.1) is 6.92 Å². The summed E-state index contributed by atoms with van der Waals surface area (Å²) in [5, 5.41) is 0. The normalized spacial score (nSPS) is 13.5. The molecule has 2 aliphatic rings. The lowest BCUT2D eigenvalue weighted by Crippen LogP contribution is -2.56. The van der Waals surface area contributed by atoms with Crippen LogP contribution in [0.1, 0.15) is 5.56 Å². The number of rotatable bonds is 2. The summed E-state index contributed by atoms with van der Waals surface area (Å²) in [4.78, 5) is 4.94. The first kappa shape index (κ1) is 18.1. The van der Waals surface area contributed by atoms with Gasteiger partial charge in [0.15, 0.2) is 0 Å². The predicted octanol–water partition coefficient (Wildman–Crippen LogP) is 4.49. The molecule has 0 saturated carbocycles. The van der Waals surface area contributed by atoms with Crippen molar-refractivity contribution in [1.29, 1.82) is 0 Å². The molecule has 6 rings (SSSR count). The minimum Gasteiger partial charge on any atom is -0.496 e. The van der Waals surface area contributed by atoms with Crippen LogP contribution in [0.4, 0.5) is 22.9 Å². The number of para-hydroxylation sites is 1. The maximum Gasteiger partial charge on any atom is 0.543 e. The summed E-state index contributed by atoms with van der Waals surface area (Å²) in [6.07, 6.45) is 2.12. The second kappa shape index (κ2) is 6.64. The largest absolute Gasteiger partial charge is 0.543 e. The number of nitrogens with zero attached hydrogens (tertiary/aromatic N) is 3. The summed E-state index contributed by atoms with van der Waals surface area (Å²) in [5.74, 6) is 2.08. The van der Waals surface area contributed by atoms with E-state index in [9.17, 15) is 0 Å². The number of hydrogen-bond donors (Lipinski definition) is 0. The van der Waals surface area contributed by atoms with Gasteiger partial charge >= 0.3 is 6.98 Å². The molecule has 1 aromatic heterocycles. The lowest BCUT2D eigenvalue weighted by molar-refractivity contribution is -0.657. The third-order valence-corrected chi connectivity index (χ3v) is 6.53. The molecule has 0 N–H and O–H groups in total. The SMILES string of the molecule is COc1cccc(N2B3c4ccccc4-c4ccccc4N3c3ccc[n+](C)c32)c1C. The highest BCUT2D eigenvalue weighted by Gasteiger charge is 2.55. The third-order valence-electron chi connectivity index (χ3n) is 6.53. The molecule has 0 radical (unpaired) electrons. The highest BCUT2D eigenvalue weighted by Crippen LogP contribution is 2.50. The zero-order valence-electron chi connectivity index (χ0n) is 17.9. The first-order valence-corrected chi connectivity index (χ1v) is 10.6. The van der Waals surface area contributed by atoms with Crippen molar-refractivity contribution in [2.24, 2.45) is 7.05 Å². The van der Waals surface area contributed by atoms with Crippen molar-refractivity contribution >= 4 is 35.3 Å². The Balaban J connectivity index is 1.71. The molecule has 3 aromatic carbocycles. The fourth-order valence-corrected chi connectivity index (χ4v) is 5.18. The molecule has 31 heavy (non-hydrogen) atoms. The van der Waals surface area contributed by atoms with Gasteiger partial charge in [-0.15, -0.1) is 0 Å². The molecule has 5 heteroatoms. The molecule has 0 amide bonds. The summed E-state index contributed by atoms with van der Waals surface area (Å²) in [6, 6.07) is 28.2. The number of benzene rings is 3. The molecular formula is C26H23BN3O+. The first-order chi connectivity index (χ1) is 15.2. The molecule has 0 bridgehead atoms. The molecule has 3 heterocycles. The molecule has 4 aromatic rings. The smallest absolute Gasteiger partial charge is 0.496 e. The molecular weight excluding hydrogens is 381 g/mol. The van der Waals surface area contributed by atoms with Crippen molar-refractivity contribution in [3.8, 4) is 16.9 Å². The van der Waals surface area contributed by atoms with E-state index in [1.165, 1.54) is 33.8 Å². The number of methoxy groups -OCH3 is 1. The highest BCUT2D eigenvalue weighted by molar-refractivity contribution is 6.86. The van der Waals surface area contributed by atoms with E-state index in [0.29, 0.717) is 0 Å². The fourth-order valence-electron chi connectivity index (χ4n) is 5.18. The van der Waals surface area contributed by atoms with Crippen LogP contribution >= 0.6 is 0 Å². The molecule has 0 aliphatic carbocycles. The Labute approximate surface area is 183 Å². The van der Waals surface area contributed by atoms with Crippen molar-refractivity contribution in [2.75, 3.05) is 16.7 Å². The summed E-state index contributed by atoms with van der Waals surface area (Å²) in [5.41, 5.74) is 8.61. The number of anilines is 4. The number of ether oxygens (including phenoxy) is 1. The monoisotopic (exact) mass is 404 g/mol. The van der Waals surface area contributed by atoms with Crippen LogP contribution in [0.2, 0.25) is 0 Å². The second-order valence-corrected chi connectivity index (χ2v) is 8.15. The second-order valence-electron chi connectivity index (χ2n) is 8.15. The average Bonchev–Trinajstić information content (AvgIpc) is 3.16. The Kier molecular flexibility index (Phi) is 3.87.